The largest absolute Gasteiger partial charge is 0.444 e. The van der Waals surface area contributed by atoms with Gasteiger partial charge in [0.05, 0.1) is 32.9 Å². The van der Waals surface area contributed by atoms with Crippen LogP contribution >= 0.6 is 11.6 Å². The topological polar surface area (TPSA) is 91.7 Å². The van der Waals surface area contributed by atoms with Crippen LogP contribution in [0, 0.1) is 17.5 Å². The van der Waals surface area contributed by atoms with Crippen molar-refractivity contribution >= 4 is 44.1 Å². The van der Waals surface area contributed by atoms with E-state index in [1.54, 1.807) is 47.9 Å². The molecule has 5 aromatic rings. The number of nitrogens with one attached hydrogen (secondary N) is 1. The van der Waals surface area contributed by atoms with Gasteiger partial charge in [-0.25, -0.2) is 22.4 Å². The van der Waals surface area contributed by atoms with E-state index in [0.29, 0.717) is 29.0 Å². The second-order valence-electron chi connectivity index (χ2n) is 12.2. The number of carbonyl (C=O) groups is 1. The van der Waals surface area contributed by atoms with Crippen LogP contribution in [0.3, 0.4) is 0 Å². The van der Waals surface area contributed by atoms with Crippen molar-refractivity contribution in [2.75, 3.05) is 13.7 Å². The van der Waals surface area contributed by atoms with E-state index < -0.39 is 38.9 Å². The molecule has 13 heteroatoms. The zero-order valence-corrected chi connectivity index (χ0v) is 28.1. The van der Waals surface area contributed by atoms with Gasteiger partial charge in [0.15, 0.2) is 11.5 Å². The molecule has 7 rings (SSSR count). The molecule has 8 nitrogen and oxygen atoms in total. The van der Waals surface area contributed by atoms with Crippen LogP contribution in [-0.4, -0.2) is 44.5 Å². The van der Waals surface area contributed by atoms with Gasteiger partial charge in [-0.3, -0.25) is 9.52 Å². The molecule has 0 radical (unpaired) electrons. The number of para-hydroxylation sites is 1. The number of nitrogens with zero attached hydrogens (tertiary/aromatic N) is 2. The summed E-state index contributed by atoms with van der Waals surface area (Å²) in [6.07, 6.45) is 1.31. The molecule has 0 spiro atoms. The monoisotopic (exact) mass is 709 g/mol. The summed E-state index contributed by atoms with van der Waals surface area (Å²) in [7, 11) is -1.24. The minimum atomic E-state index is -2.77. The normalized spacial score (nSPS) is 18.1. The molecule has 1 fully saturated rings. The van der Waals surface area contributed by atoms with Gasteiger partial charge in [0.2, 0.25) is 0 Å². The molecule has 2 aliphatic rings. The summed E-state index contributed by atoms with van der Waals surface area (Å²) < 4.78 is 81.0. The molecule has 0 bridgehead atoms. The smallest absolute Gasteiger partial charge is 0.278 e. The maximum absolute atomic E-state index is 15.9. The molecule has 2 heterocycles. The van der Waals surface area contributed by atoms with Gasteiger partial charge in [0.1, 0.15) is 23.3 Å². The molecular weight excluding hydrogens is 679 g/mol. The van der Waals surface area contributed by atoms with Crippen molar-refractivity contribution in [2.45, 2.75) is 43.8 Å². The van der Waals surface area contributed by atoms with Gasteiger partial charge in [0, 0.05) is 54.0 Å². The number of methoxy groups -OCH3 is 1. The number of benzene rings is 4. The molecule has 1 aromatic heterocycles. The van der Waals surface area contributed by atoms with E-state index in [4.69, 9.17) is 25.8 Å². The van der Waals surface area contributed by atoms with Crippen molar-refractivity contribution in [3.63, 3.8) is 0 Å². The Bertz CT molecular complexity index is 2230. The van der Waals surface area contributed by atoms with Gasteiger partial charge >= 0.3 is 0 Å². The fourth-order valence-corrected chi connectivity index (χ4v) is 7.69. The van der Waals surface area contributed by atoms with E-state index in [1.165, 1.54) is 31.4 Å². The third-order valence-corrected chi connectivity index (χ3v) is 11.0. The number of rotatable bonds is 10. The molecule has 1 aliphatic heterocycles. The molecular formula is C36H31ClF3N3O5S. The van der Waals surface area contributed by atoms with Crippen LogP contribution in [0.4, 0.5) is 13.2 Å². The van der Waals surface area contributed by atoms with Gasteiger partial charge < -0.3 is 18.8 Å². The highest BCUT2D eigenvalue weighted by Gasteiger charge is 2.42. The minimum Gasteiger partial charge on any atom is -0.444 e. The van der Waals surface area contributed by atoms with Crippen molar-refractivity contribution in [3.8, 4) is 22.6 Å². The standard InChI is InChI=1S/C36H31ClF3N3O5S/c1-36(26-11-8-22(37)18-29(26)40)47-32-6-4-5-24(34(32)48-36)21-15-27(38)25(28(39)16-21)19-33-41-30-12-7-20(17-31(30)43(33)13-14-46-2)35(44)42-49(3,45)23-9-10-23/h4-8,11-12,15-18,23H,3,9-10,13-14,19H2,1-2H3,(H,42,44,45). The van der Waals surface area contributed by atoms with Crippen molar-refractivity contribution in [1.29, 1.82) is 0 Å². The van der Waals surface area contributed by atoms with Gasteiger partial charge in [-0.2, -0.15) is 0 Å². The highest BCUT2D eigenvalue weighted by molar-refractivity contribution is 7.99. The number of carbonyl (C=O) groups excluding carboxylic acids is 1. The first kappa shape index (κ1) is 33.0. The SMILES string of the molecule is C=S(=O)(NC(=O)c1ccc2nc(Cc3c(F)cc(-c4cccc5c4OC(C)(c4ccc(Cl)cc4F)O5)cc3F)n(CCOC)c2c1)C1CC1. The molecule has 0 saturated heterocycles. The summed E-state index contributed by atoms with van der Waals surface area (Å²) in [6.45, 7) is 2.11. The number of imidazole rings is 1. The molecule has 2 atom stereocenters. The van der Waals surface area contributed by atoms with E-state index in [2.05, 4.69) is 15.6 Å². The number of hydrogen-bond acceptors (Lipinski definition) is 6. The molecule has 1 saturated carbocycles. The van der Waals surface area contributed by atoms with Crippen molar-refractivity contribution in [3.05, 3.63) is 112 Å². The van der Waals surface area contributed by atoms with Crippen LogP contribution in [0.15, 0.2) is 66.7 Å². The first-order chi connectivity index (χ1) is 23.4. The van der Waals surface area contributed by atoms with Gasteiger partial charge in [-0.15, -0.1) is 0 Å². The van der Waals surface area contributed by atoms with Crippen LogP contribution in [0.1, 0.15) is 47.1 Å². The Labute approximate surface area is 285 Å². The lowest BCUT2D eigenvalue weighted by Gasteiger charge is -2.24. The summed E-state index contributed by atoms with van der Waals surface area (Å²) in [5.74, 6) is 0.236. The van der Waals surface area contributed by atoms with Crippen molar-refractivity contribution in [2.24, 2.45) is 0 Å². The third-order valence-electron chi connectivity index (χ3n) is 8.72. The lowest BCUT2D eigenvalue weighted by molar-refractivity contribution is -0.0705. The van der Waals surface area contributed by atoms with E-state index in [0.717, 1.165) is 18.9 Å². The minimum absolute atomic E-state index is 0.108. The second-order valence-corrected chi connectivity index (χ2v) is 15.0. The Hall–Kier alpha value is -4.52. The third kappa shape index (κ3) is 6.24. The highest BCUT2D eigenvalue weighted by atomic mass is 35.5. The summed E-state index contributed by atoms with van der Waals surface area (Å²) in [5.41, 5.74) is 1.76. The fourth-order valence-electron chi connectivity index (χ4n) is 6.04. The summed E-state index contributed by atoms with van der Waals surface area (Å²) in [5, 5.41) is 0.0854. The predicted octanol–water partition coefficient (Wildman–Crippen LogP) is 7.18. The number of hydrogen-bond donors (Lipinski definition) is 1. The molecule has 2 unspecified atom stereocenters. The van der Waals surface area contributed by atoms with Crippen LogP contribution in [-0.2, 0) is 33.2 Å². The van der Waals surface area contributed by atoms with Gasteiger partial charge in [-0.1, -0.05) is 23.7 Å². The Balaban J connectivity index is 1.20. The Kier molecular flexibility index (Phi) is 8.36. The number of ether oxygens (including phenoxy) is 3. The summed E-state index contributed by atoms with van der Waals surface area (Å²) in [6, 6.07) is 16.3. The Morgan fingerprint density at radius 2 is 1.84 bits per heavy atom. The Morgan fingerprint density at radius 1 is 1.08 bits per heavy atom. The van der Waals surface area contributed by atoms with Crippen LogP contribution < -0.4 is 14.2 Å². The van der Waals surface area contributed by atoms with Crippen LogP contribution in [0.5, 0.6) is 11.5 Å². The van der Waals surface area contributed by atoms with Gasteiger partial charge in [-0.05, 0) is 78.9 Å². The summed E-state index contributed by atoms with van der Waals surface area (Å²) >= 11 is 5.93. The number of amides is 1. The van der Waals surface area contributed by atoms with Crippen LogP contribution in [0.2, 0.25) is 5.02 Å². The number of halogens is 4. The van der Waals surface area contributed by atoms with Crippen molar-refractivity contribution < 1.29 is 36.4 Å². The number of fused-ring (bicyclic) bond motifs is 2. The highest BCUT2D eigenvalue weighted by Crippen LogP contribution is 2.50. The zero-order chi connectivity index (χ0) is 34.7. The molecule has 254 valence electrons. The summed E-state index contributed by atoms with van der Waals surface area (Å²) in [4.78, 5) is 17.6. The molecule has 1 aliphatic carbocycles. The lowest BCUT2D eigenvalue weighted by Crippen LogP contribution is -2.33. The molecule has 1 N–H and O–H groups in total. The second kappa shape index (κ2) is 12.4. The first-order valence-electron chi connectivity index (χ1n) is 15.5. The number of aromatic nitrogens is 2. The molecule has 49 heavy (non-hydrogen) atoms. The first-order valence-corrected chi connectivity index (χ1v) is 17.6. The van der Waals surface area contributed by atoms with Crippen molar-refractivity contribution in [1.82, 2.24) is 14.3 Å². The quantitative estimate of drug-likeness (QED) is 0.155. The fraction of sp³-hybridized carbons (Fsp3) is 0.250. The van der Waals surface area contributed by atoms with E-state index >= 15 is 8.78 Å². The molecule has 4 aromatic carbocycles. The predicted molar refractivity (Wildman–Crippen MR) is 182 cm³/mol. The van der Waals surface area contributed by atoms with E-state index in [-0.39, 0.29) is 57.1 Å². The van der Waals surface area contributed by atoms with Crippen LogP contribution in [0.25, 0.3) is 22.2 Å². The van der Waals surface area contributed by atoms with E-state index in [9.17, 15) is 13.4 Å². The Morgan fingerprint density at radius 3 is 2.53 bits per heavy atom. The molecule has 1 amide bonds. The van der Waals surface area contributed by atoms with E-state index in [1.807, 2.05) is 0 Å². The zero-order valence-electron chi connectivity index (χ0n) is 26.5. The average Bonchev–Trinajstić information content (AvgIpc) is 3.78. The average molecular weight is 710 g/mol. The maximum Gasteiger partial charge on any atom is 0.278 e. The maximum atomic E-state index is 15.9. The lowest BCUT2D eigenvalue weighted by atomic mass is 10.00. The van der Waals surface area contributed by atoms with Gasteiger partial charge in [0.25, 0.3) is 11.7 Å².